The standard InChI is InChI=1S/C9H17N/c1-3-8-4-9(5-8,6-8)7-10-2/h10H,3-7H2,1-2H3. The lowest BCUT2D eigenvalue weighted by Crippen LogP contribution is -2.64. The van der Waals surface area contributed by atoms with Crippen LogP contribution in [0.5, 0.6) is 0 Å². The molecule has 0 atom stereocenters. The van der Waals surface area contributed by atoms with Crippen molar-refractivity contribution in [3.63, 3.8) is 0 Å². The highest BCUT2D eigenvalue weighted by molar-refractivity contribution is 5.16. The minimum Gasteiger partial charge on any atom is -0.319 e. The zero-order chi connectivity index (χ0) is 7.24. The molecule has 0 aromatic rings. The molecule has 3 aliphatic rings. The van der Waals surface area contributed by atoms with Gasteiger partial charge in [0.1, 0.15) is 0 Å². The van der Waals surface area contributed by atoms with E-state index in [1.54, 1.807) is 0 Å². The number of hydrogen-bond acceptors (Lipinski definition) is 1. The van der Waals surface area contributed by atoms with Gasteiger partial charge in [-0.1, -0.05) is 13.3 Å². The Morgan fingerprint density at radius 1 is 1.20 bits per heavy atom. The molecule has 0 spiro atoms. The number of rotatable bonds is 3. The average Bonchev–Trinajstić information content (AvgIpc) is 1.74. The molecule has 0 unspecified atom stereocenters. The Balaban J connectivity index is 1.86. The van der Waals surface area contributed by atoms with Crippen molar-refractivity contribution in [3.8, 4) is 0 Å². The fourth-order valence-corrected chi connectivity index (χ4v) is 3.17. The van der Waals surface area contributed by atoms with Gasteiger partial charge in [-0.2, -0.15) is 0 Å². The lowest BCUT2D eigenvalue weighted by molar-refractivity contribution is -0.200. The maximum atomic E-state index is 3.29. The predicted octanol–water partition coefficient (Wildman–Crippen LogP) is 1.79. The molecule has 0 aliphatic heterocycles. The van der Waals surface area contributed by atoms with E-state index < -0.39 is 0 Å². The van der Waals surface area contributed by atoms with Crippen LogP contribution in [0.15, 0.2) is 0 Å². The van der Waals surface area contributed by atoms with Gasteiger partial charge in [-0.15, -0.1) is 0 Å². The van der Waals surface area contributed by atoms with Crippen LogP contribution < -0.4 is 5.32 Å². The van der Waals surface area contributed by atoms with Gasteiger partial charge in [-0.25, -0.2) is 0 Å². The maximum absolute atomic E-state index is 3.29. The van der Waals surface area contributed by atoms with Gasteiger partial charge in [0.25, 0.3) is 0 Å². The van der Waals surface area contributed by atoms with Crippen molar-refractivity contribution in [2.45, 2.75) is 32.6 Å². The monoisotopic (exact) mass is 139 g/mol. The first-order valence-electron chi connectivity index (χ1n) is 4.39. The number of hydrogen-bond donors (Lipinski definition) is 1. The van der Waals surface area contributed by atoms with E-state index in [9.17, 15) is 0 Å². The predicted molar refractivity (Wildman–Crippen MR) is 42.9 cm³/mol. The summed E-state index contributed by atoms with van der Waals surface area (Å²) in [6, 6.07) is 0. The average molecular weight is 139 g/mol. The zero-order valence-corrected chi connectivity index (χ0v) is 7.04. The van der Waals surface area contributed by atoms with Crippen LogP contribution in [0, 0.1) is 10.8 Å². The molecule has 1 heteroatoms. The van der Waals surface area contributed by atoms with Crippen LogP contribution in [-0.4, -0.2) is 13.6 Å². The third-order valence-electron chi connectivity index (χ3n) is 3.55. The van der Waals surface area contributed by atoms with E-state index >= 15 is 0 Å². The summed E-state index contributed by atoms with van der Waals surface area (Å²) in [7, 11) is 2.07. The van der Waals surface area contributed by atoms with Crippen molar-refractivity contribution in [2.24, 2.45) is 10.8 Å². The molecular formula is C9H17N. The minimum absolute atomic E-state index is 0.769. The Morgan fingerprint density at radius 2 is 1.80 bits per heavy atom. The van der Waals surface area contributed by atoms with Gasteiger partial charge in [0, 0.05) is 6.54 Å². The fraction of sp³-hybridized carbons (Fsp3) is 1.00. The Labute approximate surface area is 63.2 Å². The topological polar surface area (TPSA) is 12.0 Å². The molecule has 3 fully saturated rings. The summed E-state index contributed by atoms with van der Waals surface area (Å²) in [5.41, 5.74) is 1.60. The molecule has 10 heavy (non-hydrogen) atoms. The molecule has 1 N–H and O–H groups in total. The van der Waals surface area contributed by atoms with Gasteiger partial charge in [0.15, 0.2) is 0 Å². The van der Waals surface area contributed by atoms with Crippen LogP contribution in [0.1, 0.15) is 32.6 Å². The van der Waals surface area contributed by atoms with Crippen LogP contribution in [0.2, 0.25) is 0 Å². The van der Waals surface area contributed by atoms with Crippen LogP contribution in [0.3, 0.4) is 0 Å². The SMILES string of the molecule is CCC12CC(CNC)(C1)C2. The molecular weight excluding hydrogens is 122 g/mol. The molecule has 0 heterocycles. The Morgan fingerprint density at radius 3 is 2.20 bits per heavy atom. The highest BCUT2D eigenvalue weighted by Gasteiger charge is 2.65. The van der Waals surface area contributed by atoms with Gasteiger partial charge in [-0.3, -0.25) is 0 Å². The normalized spacial score (nSPS) is 49.8. The molecule has 2 bridgehead atoms. The second kappa shape index (κ2) is 1.76. The lowest BCUT2D eigenvalue weighted by atomic mass is 9.34. The van der Waals surface area contributed by atoms with E-state index in [1.165, 1.54) is 32.2 Å². The molecule has 0 saturated heterocycles. The maximum Gasteiger partial charge on any atom is 0.000542 e. The zero-order valence-electron chi connectivity index (χ0n) is 7.04. The minimum atomic E-state index is 0.769. The largest absolute Gasteiger partial charge is 0.319 e. The van der Waals surface area contributed by atoms with Gasteiger partial charge < -0.3 is 5.32 Å². The lowest BCUT2D eigenvalue weighted by Gasteiger charge is -2.71. The van der Waals surface area contributed by atoms with Crippen molar-refractivity contribution in [3.05, 3.63) is 0 Å². The quantitative estimate of drug-likeness (QED) is 0.628. The van der Waals surface area contributed by atoms with E-state index in [4.69, 9.17) is 0 Å². The van der Waals surface area contributed by atoms with Crippen molar-refractivity contribution in [2.75, 3.05) is 13.6 Å². The Hall–Kier alpha value is -0.0400. The Bertz CT molecular complexity index is 131. The van der Waals surface area contributed by atoms with E-state index in [2.05, 4.69) is 19.3 Å². The third-order valence-corrected chi connectivity index (χ3v) is 3.55. The third kappa shape index (κ3) is 0.619. The van der Waals surface area contributed by atoms with Gasteiger partial charge >= 0.3 is 0 Å². The van der Waals surface area contributed by atoms with E-state index in [1.807, 2.05) is 0 Å². The first kappa shape index (κ1) is 6.66. The summed E-state index contributed by atoms with van der Waals surface area (Å²) in [5, 5.41) is 3.29. The molecule has 0 aromatic heterocycles. The van der Waals surface area contributed by atoms with Gasteiger partial charge in [0.05, 0.1) is 0 Å². The van der Waals surface area contributed by atoms with Crippen molar-refractivity contribution in [1.82, 2.24) is 5.32 Å². The fourth-order valence-electron chi connectivity index (χ4n) is 3.17. The molecule has 0 amide bonds. The van der Waals surface area contributed by atoms with Crippen molar-refractivity contribution in [1.29, 1.82) is 0 Å². The Kier molecular flexibility index (Phi) is 1.17. The molecule has 3 saturated carbocycles. The van der Waals surface area contributed by atoms with Crippen molar-refractivity contribution >= 4 is 0 Å². The van der Waals surface area contributed by atoms with Crippen LogP contribution in [0.25, 0.3) is 0 Å². The summed E-state index contributed by atoms with van der Waals surface area (Å²) in [4.78, 5) is 0. The molecule has 58 valence electrons. The number of nitrogens with one attached hydrogen (secondary N) is 1. The summed E-state index contributed by atoms with van der Waals surface area (Å²) in [5.74, 6) is 0. The molecule has 0 radical (unpaired) electrons. The van der Waals surface area contributed by atoms with E-state index in [0.717, 1.165) is 10.8 Å². The molecule has 3 aliphatic carbocycles. The van der Waals surface area contributed by atoms with Crippen LogP contribution in [-0.2, 0) is 0 Å². The molecule has 3 rings (SSSR count). The summed E-state index contributed by atoms with van der Waals surface area (Å²) >= 11 is 0. The van der Waals surface area contributed by atoms with Gasteiger partial charge in [-0.05, 0) is 37.1 Å². The second-order valence-electron chi connectivity index (χ2n) is 4.41. The molecule has 1 nitrogen and oxygen atoms in total. The van der Waals surface area contributed by atoms with Crippen LogP contribution >= 0.6 is 0 Å². The summed E-state index contributed by atoms with van der Waals surface area (Å²) in [6.45, 7) is 3.59. The van der Waals surface area contributed by atoms with Crippen molar-refractivity contribution < 1.29 is 0 Å². The highest BCUT2D eigenvalue weighted by atomic mass is 14.9. The van der Waals surface area contributed by atoms with E-state index in [0.29, 0.717) is 0 Å². The smallest absolute Gasteiger partial charge is 0.000542 e. The highest BCUT2D eigenvalue weighted by Crippen LogP contribution is 2.74. The van der Waals surface area contributed by atoms with Gasteiger partial charge in [0.2, 0.25) is 0 Å². The summed E-state index contributed by atoms with van der Waals surface area (Å²) < 4.78 is 0. The first-order chi connectivity index (χ1) is 4.74. The second-order valence-corrected chi connectivity index (χ2v) is 4.41. The molecule has 0 aromatic carbocycles. The van der Waals surface area contributed by atoms with Crippen LogP contribution in [0.4, 0.5) is 0 Å². The van der Waals surface area contributed by atoms with E-state index in [-0.39, 0.29) is 0 Å². The summed E-state index contributed by atoms with van der Waals surface area (Å²) in [6.07, 6.45) is 5.95. The first-order valence-corrected chi connectivity index (χ1v) is 4.39.